The molecule has 2 rings (SSSR count). The van der Waals surface area contributed by atoms with Gasteiger partial charge in [0.2, 0.25) is 0 Å². The zero-order valence-corrected chi connectivity index (χ0v) is 9.70. The molecule has 1 aromatic rings. The molecule has 16 heavy (non-hydrogen) atoms. The fourth-order valence-corrected chi connectivity index (χ4v) is 1.95. The number of hydrogen-bond acceptors (Lipinski definition) is 4. The highest BCUT2D eigenvalue weighted by molar-refractivity contribution is 6.42. The van der Waals surface area contributed by atoms with Gasteiger partial charge >= 0.3 is 0 Å². The van der Waals surface area contributed by atoms with Crippen LogP contribution in [0.2, 0.25) is 10.0 Å². The molecule has 1 saturated heterocycles. The molecule has 1 fully saturated rings. The van der Waals surface area contributed by atoms with Crippen molar-refractivity contribution in [1.29, 1.82) is 0 Å². The smallest absolute Gasteiger partial charge is 0.294 e. The van der Waals surface area contributed by atoms with Crippen LogP contribution in [0.25, 0.3) is 0 Å². The molecular formula is C9H9Cl2N3O2. The van der Waals surface area contributed by atoms with Gasteiger partial charge in [-0.2, -0.15) is 0 Å². The van der Waals surface area contributed by atoms with Crippen LogP contribution in [-0.2, 0) is 0 Å². The van der Waals surface area contributed by atoms with E-state index >= 15 is 0 Å². The number of halogens is 2. The lowest BCUT2D eigenvalue weighted by atomic mass is 10.1. The van der Waals surface area contributed by atoms with Crippen LogP contribution >= 0.6 is 23.2 Å². The minimum absolute atomic E-state index is 0.0405. The Hall–Kier alpha value is -1.04. The summed E-state index contributed by atoms with van der Waals surface area (Å²) in [5, 5.41) is 11.3. The Bertz CT molecular complexity index is 447. The zero-order chi connectivity index (χ0) is 11.9. The highest BCUT2D eigenvalue weighted by Crippen LogP contribution is 2.37. The van der Waals surface area contributed by atoms with Crippen LogP contribution < -0.4 is 10.6 Å². The van der Waals surface area contributed by atoms with Crippen molar-refractivity contribution in [3.63, 3.8) is 0 Å². The van der Waals surface area contributed by atoms with Crippen LogP contribution in [0.1, 0.15) is 0 Å². The van der Waals surface area contributed by atoms with Gasteiger partial charge in [0.25, 0.3) is 5.69 Å². The molecule has 0 atom stereocenters. The van der Waals surface area contributed by atoms with Gasteiger partial charge in [0.05, 0.1) is 15.0 Å². The van der Waals surface area contributed by atoms with Crippen LogP contribution in [0.4, 0.5) is 11.4 Å². The monoisotopic (exact) mass is 261 g/mol. The second kappa shape index (κ2) is 4.08. The van der Waals surface area contributed by atoms with E-state index in [1.807, 2.05) is 4.90 Å². The molecular weight excluding hydrogens is 253 g/mol. The summed E-state index contributed by atoms with van der Waals surface area (Å²) < 4.78 is 0. The van der Waals surface area contributed by atoms with Gasteiger partial charge in [-0.3, -0.25) is 10.1 Å². The van der Waals surface area contributed by atoms with Crippen LogP contribution in [0, 0.1) is 10.1 Å². The number of benzene rings is 1. The summed E-state index contributed by atoms with van der Waals surface area (Å²) in [4.78, 5) is 12.2. The molecule has 0 aromatic heterocycles. The van der Waals surface area contributed by atoms with Crippen molar-refractivity contribution in [2.75, 3.05) is 18.0 Å². The minimum atomic E-state index is -0.471. The van der Waals surface area contributed by atoms with Crippen LogP contribution in [-0.4, -0.2) is 24.1 Å². The van der Waals surface area contributed by atoms with Gasteiger partial charge in [0, 0.05) is 25.2 Å². The molecule has 7 heteroatoms. The van der Waals surface area contributed by atoms with Crippen molar-refractivity contribution in [3.8, 4) is 0 Å². The molecule has 1 heterocycles. The topological polar surface area (TPSA) is 72.4 Å². The average molecular weight is 262 g/mol. The van der Waals surface area contributed by atoms with Gasteiger partial charge in [0.1, 0.15) is 5.69 Å². The number of nitro benzene ring substituents is 1. The molecule has 0 saturated carbocycles. The predicted molar refractivity (Wildman–Crippen MR) is 63.3 cm³/mol. The van der Waals surface area contributed by atoms with Crippen LogP contribution in [0.3, 0.4) is 0 Å². The Morgan fingerprint density at radius 1 is 1.38 bits per heavy atom. The van der Waals surface area contributed by atoms with E-state index < -0.39 is 4.92 Å². The Kier molecular flexibility index (Phi) is 2.92. The molecule has 1 aliphatic heterocycles. The molecule has 0 spiro atoms. The highest BCUT2D eigenvalue weighted by atomic mass is 35.5. The summed E-state index contributed by atoms with van der Waals surface area (Å²) in [5.74, 6) is 0. The predicted octanol–water partition coefficient (Wildman–Crippen LogP) is 2.05. The van der Waals surface area contributed by atoms with Gasteiger partial charge in [-0.1, -0.05) is 23.2 Å². The third-order valence-corrected chi connectivity index (χ3v) is 3.19. The number of anilines is 1. The lowest BCUT2D eigenvalue weighted by Crippen LogP contribution is -2.56. The average Bonchev–Trinajstić information content (AvgIpc) is 2.16. The normalized spacial score (nSPS) is 16.1. The summed E-state index contributed by atoms with van der Waals surface area (Å²) in [6, 6.07) is 2.84. The number of rotatable bonds is 2. The van der Waals surface area contributed by atoms with Gasteiger partial charge in [-0.15, -0.1) is 0 Å². The minimum Gasteiger partial charge on any atom is -0.363 e. The van der Waals surface area contributed by atoms with Crippen molar-refractivity contribution in [1.82, 2.24) is 0 Å². The van der Waals surface area contributed by atoms with E-state index in [4.69, 9.17) is 28.9 Å². The molecule has 1 aliphatic rings. The molecule has 86 valence electrons. The van der Waals surface area contributed by atoms with Gasteiger partial charge in [-0.05, 0) is 6.07 Å². The lowest BCUT2D eigenvalue weighted by Gasteiger charge is -2.38. The Labute approximate surface area is 102 Å². The maximum absolute atomic E-state index is 10.9. The fourth-order valence-electron chi connectivity index (χ4n) is 1.63. The first-order valence-corrected chi connectivity index (χ1v) is 5.38. The first-order chi connectivity index (χ1) is 7.49. The van der Waals surface area contributed by atoms with E-state index in [1.54, 1.807) is 0 Å². The SMILES string of the molecule is NC1CN(c2cc(Cl)c(Cl)cc2[N+](=O)[O-])C1. The quantitative estimate of drug-likeness (QED) is 0.654. The molecule has 0 radical (unpaired) electrons. The van der Waals surface area contributed by atoms with Crippen molar-refractivity contribution in [3.05, 3.63) is 32.3 Å². The summed E-state index contributed by atoms with van der Waals surface area (Å²) >= 11 is 11.6. The maximum atomic E-state index is 10.9. The van der Waals surface area contributed by atoms with E-state index in [0.717, 1.165) is 0 Å². The number of nitro groups is 1. The largest absolute Gasteiger partial charge is 0.363 e. The standard InChI is InChI=1S/C9H9Cl2N3O2/c10-6-1-8(13-3-5(12)4-13)9(14(15)16)2-7(6)11/h1-2,5H,3-4,12H2. The van der Waals surface area contributed by atoms with E-state index in [1.165, 1.54) is 12.1 Å². The first kappa shape index (κ1) is 11.4. The van der Waals surface area contributed by atoms with Crippen LogP contribution in [0.5, 0.6) is 0 Å². The van der Waals surface area contributed by atoms with Crippen molar-refractivity contribution >= 4 is 34.6 Å². The van der Waals surface area contributed by atoms with Gasteiger partial charge < -0.3 is 10.6 Å². The van der Waals surface area contributed by atoms with Gasteiger partial charge in [-0.25, -0.2) is 0 Å². The molecule has 1 aromatic carbocycles. The second-order valence-corrected chi connectivity index (χ2v) is 4.49. The number of nitrogens with two attached hydrogens (primary N) is 1. The molecule has 0 unspecified atom stereocenters. The van der Waals surface area contributed by atoms with E-state index in [9.17, 15) is 10.1 Å². The summed E-state index contributed by atoms with van der Waals surface area (Å²) in [5.41, 5.74) is 6.06. The Balaban J connectivity index is 2.42. The zero-order valence-electron chi connectivity index (χ0n) is 8.19. The van der Waals surface area contributed by atoms with Crippen LogP contribution in [0.15, 0.2) is 12.1 Å². The number of hydrogen-bond donors (Lipinski definition) is 1. The summed E-state index contributed by atoms with van der Waals surface area (Å²) in [6.45, 7) is 1.19. The summed E-state index contributed by atoms with van der Waals surface area (Å²) in [7, 11) is 0. The molecule has 2 N–H and O–H groups in total. The van der Waals surface area contributed by atoms with E-state index in [-0.39, 0.29) is 16.8 Å². The second-order valence-electron chi connectivity index (χ2n) is 3.68. The third-order valence-electron chi connectivity index (χ3n) is 2.46. The molecule has 5 nitrogen and oxygen atoms in total. The van der Waals surface area contributed by atoms with Gasteiger partial charge in [0.15, 0.2) is 0 Å². The van der Waals surface area contributed by atoms with Crippen molar-refractivity contribution < 1.29 is 4.92 Å². The first-order valence-electron chi connectivity index (χ1n) is 4.63. The van der Waals surface area contributed by atoms with E-state index in [0.29, 0.717) is 23.8 Å². The molecule has 0 amide bonds. The highest BCUT2D eigenvalue weighted by Gasteiger charge is 2.29. The maximum Gasteiger partial charge on any atom is 0.294 e. The molecule has 0 bridgehead atoms. The van der Waals surface area contributed by atoms with Crippen molar-refractivity contribution in [2.24, 2.45) is 5.73 Å². The lowest BCUT2D eigenvalue weighted by molar-refractivity contribution is -0.384. The molecule has 0 aliphatic carbocycles. The van der Waals surface area contributed by atoms with Crippen molar-refractivity contribution in [2.45, 2.75) is 6.04 Å². The fraction of sp³-hybridized carbons (Fsp3) is 0.333. The third kappa shape index (κ3) is 1.93. The van der Waals surface area contributed by atoms with E-state index in [2.05, 4.69) is 0 Å². The Morgan fingerprint density at radius 3 is 2.44 bits per heavy atom. The Morgan fingerprint density at radius 2 is 1.94 bits per heavy atom. The number of nitrogens with zero attached hydrogens (tertiary/aromatic N) is 2. The summed E-state index contributed by atoms with van der Waals surface area (Å²) in [6.07, 6.45) is 0.